The highest BCUT2D eigenvalue weighted by Gasteiger charge is 2.15. The van der Waals surface area contributed by atoms with Gasteiger partial charge in [0.25, 0.3) is 5.91 Å². The summed E-state index contributed by atoms with van der Waals surface area (Å²) in [6.07, 6.45) is 1.40. The largest absolute Gasteiger partial charge is 0.433 e. The second kappa shape index (κ2) is 8.54. The molecule has 0 aliphatic rings. The molecule has 0 aliphatic heterocycles. The number of carbonyl (C=O) groups is 1. The van der Waals surface area contributed by atoms with Gasteiger partial charge < -0.3 is 10.1 Å². The summed E-state index contributed by atoms with van der Waals surface area (Å²) in [5.41, 5.74) is 0.224. The number of alkyl halides is 2. The maximum Gasteiger partial charge on any atom is 0.387 e. The molecular formula is C17H16F2N2O4S. The van der Waals surface area contributed by atoms with E-state index in [9.17, 15) is 22.0 Å². The van der Waals surface area contributed by atoms with Crippen LogP contribution in [0.15, 0.2) is 66.1 Å². The van der Waals surface area contributed by atoms with Gasteiger partial charge in [0.05, 0.1) is 10.6 Å². The number of hydrogen-bond donors (Lipinski definition) is 2. The van der Waals surface area contributed by atoms with E-state index in [1.807, 2.05) is 0 Å². The molecule has 2 aromatic rings. The first kappa shape index (κ1) is 19.5. The smallest absolute Gasteiger partial charge is 0.387 e. The SMILES string of the molecule is C=CCNS(=O)(=O)c1ccc(C(=O)Nc2ccccc2OC(F)F)cc1. The standard InChI is InChI=1S/C17H16F2N2O4S/c1-2-11-20-26(23,24)13-9-7-12(8-10-13)16(22)21-14-5-3-4-6-15(14)25-17(18)19/h2-10,17,20H,1,11H2,(H,21,22). The van der Waals surface area contributed by atoms with Gasteiger partial charge in [0.15, 0.2) is 0 Å². The number of carbonyl (C=O) groups excluding carboxylic acids is 1. The van der Waals surface area contributed by atoms with Gasteiger partial charge in [0.1, 0.15) is 5.75 Å². The Morgan fingerprint density at radius 1 is 1.15 bits per heavy atom. The first-order valence-electron chi connectivity index (χ1n) is 7.39. The molecule has 0 aliphatic carbocycles. The predicted molar refractivity (Wildman–Crippen MR) is 92.9 cm³/mol. The van der Waals surface area contributed by atoms with Crippen molar-refractivity contribution in [1.82, 2.24) is 4.72 Å². The van der Waals surface area contributed by atoms with E-state index in [2.05, 4.69) is 21.4 Å². The van der Waals surface area contributed by atoms with Crippen molar-refractivity contribution >= 4 is 21.6 Å². The molecule has 2 N–H and O–H groups in total. The lowest BCUT2D eigenvalue weighted by Gasteiger charge is -2.12. The van der Waals surface area contributed by atoms with Gasteiger partial charge in [-0.15, -0.1) is 6.58 Å². The summed E-state index contributed by atoms with van der Waals surface area (Å²) in [6.45, 7) is 0.470. The second-order valence-electron chi connectivity index (χ2n) is 4.99. The zero-order valence-corrected chi connectivity index (χ0v) is 14.3. The number of anilines is 1. The average molecular weight is 382 g/mol. The Balaban J connectivity index is 2.15. The monoisotopic (exact) mass is 382 g/mol. The molecule has 2 rings (SSSR count). The van der Waals surface area contributed by atoms with Gasteiger partial charge in [-0.05, 0) is 36.4 Å². The molecule has 0 saturated heterocycles. The molecule has 0 atom stereocenters. The lowest BCUT2D eigenvalue weighted by atomic mass is 10.2. The fourth-order valence-electron chi connectivity index (χ4n) is 2.00. The molecule has 0 radical (unpaired) electrons. The Kier molecular flexibility index (Phi) is 6.42. The second-order valence-corrected chi connectivity index (χ2v) is 6.76. The van der Waals surface area contributed by atoms with Crippen molar-refractivity contribution in [2.75, 3.05) is 11.9 Å². The van der Waals surface area contributed by atoms with Crippen LogP contribution in [0.4, 0.5) is 14.5 Å². The van der Waals surface area contributed by atoms with Crippen LogP contribution in [0.3, 0.4) is 0 Å². The van der Waals surface area contributed by atoms with Crippen LogP contribution in [-0.2, 0) is 10.0 Å². The summed E-state index contributed by atoms with van der Waals surface area (Å²) in [7, 11) is -3.70. The van der Waals surface area contributed by atoms with E-state index >= 15 is 0 Å². The van der Waals surface area contributed by atoms with Crippen molar-refractivity contribution in [3.05, 3.63) is 66.7 Å². The molecule has 0 aromatic heterocycles. The third-order valence-corrected chi connectivity index (χ3v) is 4.64. The van der Waals surface area contributed by atoms with Crippen molar-refractivity contribution in [3.8, 4) is 5.75 Å². The lowest BCUT2D eigenvalue weighted by Crippen LogP contribution is -2.23. The minimum Gasteiger partial charge on any atom is -0.433 e. The van der Waals surface area contributed by atoms with Crippen molar-refractivity contribution < 1.29 is 26.7 Å². The number of para-hydroxylation sites is 2. The third kappa shape index (κ3) is 5.11. The van der Waals surface area contributed by atoms with Crippen molar-refractivity contribution in [1.29, 1.82) is 0 Å². The summed E-state index contributed by atoms with van der Waals surface area (Å²) >= 11 is 0. The molecule has 0 heterocycles. The minimum atomic E-state index is -3.70. The zero-order valence-electron chi connectivity index (χ0n) is 13.5. The molecule has 2 aromatic carbocycles. The van der Waals surface area contributed by atoms with Gasteiger partial charge in [-0.25, -0.2) is 13.1 Å². The van der Waals surface area contributed by atoms with Crippen LogP contribution in [-0.4, -0.2) is 27.5 Å². The fourth-order valence-corrected chi connectivity index (χ4v) is 3.00. The van der Waals surface area contributed by atoms with Gasteiger partial charge >= 0.3 is 6.61 Å². The first-order chi connectivity index (χ1) is 12.3. The molecule has 6 nitrogen and oxygen atoms in total. The Hall–Kier alpha value is -2.78. The van der Waals surface area contributed by atoms with Crippen LogP contribution in [0.1, 0.15) is 10.4 Å². The summed E-state index contributed by atoms with van der Waals surface area (Å²) in [5.74, 6) is -0.776. The average Bonchev–Trinajstić information content (AvgIpc) is 2.61. The number of nitrogens with one attached hydrogen (secondary N) is 2. The lowest BCUT2D eigenvalue weighted by molar-refractivity contribution is -0.0493. The van der Waals surface area contributed by atoms with E-state index in [4.69, 9.17) is 0 Å². The Morgan fingerprint density at radius 3 is 2.42 bits per heavy atom. The van der Waals surface area contributed by atoms with Gasteiger partial charge in [0.2, 0.25) is 10.0 Å². The number of halogens is 2. The highest BCUT2D eigenvalue weighted by Crippen LogP contribution is 2.26. The summed E-state index contributed by atoms with van der Waals surface area (Å²) < 4.78 is 55.4. The number of benzene rings is 2. The Morgan fingerprint density at radius 2 is 1.81 bits per heavy atom. The van der Waals surface area contributed by atoms with Crippen LogP contribution < -0.4 is 14.8 Å². The van der Waals surface area contributed by atoms with E-state index in [0.29, 0.717) is 0 Å². The van der Waals surface area contributed by atoms with Crippen molar-refractivity contribution in [2.24, 2.45) is 0 Å². The molecule has 0 bridgehead atoms. The normalized spacial score (nSPS) is 11.2. The Bertz CT molecular complexity index is 884. The van der Waals surface area contributed by atoms with Crippen molar-refractivity contribution in [2.45, 2.75) is 11.5 Å². The highest BCUT2D eigenvalue weighted by atomic mass is 32.2. The molecule has 0 fully saturated rings. The van der Waals surface area contributed by atoms with Gasteiger partial charge in [-0.3, -0.25) is 4.79 Å². The number of hydrogen-bond acceptors (Lipinski definition) is 4. The third-order valence-electron chi connectivity index (χ3n) is 3.20. The van der Waals surface area contributed by atoms with Crippen LogP contribution >= 0.6 is 0 Å². The topological polar surface area (TPSA) is 84.5 Å². The molecule has 138 valence electrons. The van der Waals surface area contributed by atoms with Crippen LogP contribution in [0.2, 0.25) is 0 Å². The molecule has 1 amide bonds. The fraction of sp³-hybridized carbons (Fsp3) is 0.118. The van der Waals surface area contributed by atoms with E-state index in [-0.39, 0.29) is 28.4 Å². The van der Waals surface area contributed by atoms with E-state index < -0.39 is 22.5 Å². The summed E-state index contributed by atoms with van der Waals surface area (Å²) in [4.78, 5) is 12.2. The molecule has 0 saturated carbocycles. The summed E-state index contributed by atoms with van der Waals surface area (Å²) in [6, 6.07) is 10.9. The number of ether oxygens (including phenoxy) is 1. The van der Waals surface area contributed by atoms with E-state index in [1.54, 1.807) is 6.07 Å². The number of sulfonamides is 1. The maximum absolute atomic E-state index is 12.4. The molecule has 0 unspecified atom stereocenters. The molecule has 9 heteroatoms. The number of amides is 1. The Labute approximate surface area is 149 Å². The highest BCUT2D eigenvalue weighted by molar-refractivity contribution is 7.89. The maximum atomic E-state index is 12.4. The quantitative estimate of drug-likeness (QED) is 0.688. The van der Waals surface area contributed by atoms with E-state index in [1.165, 1.54) is 48.5 Å². The van der Waals surface area contributed by atoms with Crippen LogP contribution in [0.25, 0.3) is 0 Å². The van der Waals surface area contributed by atoms with Crippen molar-refractivity contribution in [3.63, 3.8) is 0 Å². The van der Waals surface area contributed by atoms with E-state index in [0.717, 1.165) is 0 Å². The van der Waals surface area contributed by atoms with Crippen LogP contribution in [0.5, 0.6) is 5.75 Å². The van der Waals surface area contributed by atoms with Gasteiger partial charge in [-0.2, -0.15) is 8.78 Å². The van der Waals surface area contributed by atoms with Crippen LogP contribution in [0, 0.1) is 0 Å². The summed E-state index contributed by atoms with van der Waals surface area (Å²) in [5, 5.41) is 2.45. The van der Waals surface area contributed by atoms with Gasteiger partial charge in [-0.1, -0.05) is 18.2 Å². The first-order valence-corrected chi connectivity index (χ1v) is 8.87. The minimum absolute atomic E-state index is 0.0164. The number of rotatable bonds is 8. The predicted octanol–water partition coefficient (Wildman–Crippen LogP) is 3.00. The zero-order chi connectivity index (χ0) is 19.2. The van der Waals surface area contributed by atoms with Gasteiger partial charge in [0, 0.05) is 12.1 Å². The molecule has 26 heavy (non-hydrogen) atoms. The molecular weight excluding hydrogens is 366 g/mol. The molecule has 0 spiro atoms.